The van der Waals surface area contributed by atoms with E-state index in [2.05, 4.69) is 12.2 Å². The number of amides is 1. The number of rotatable bonds is 18. The van der Waals surface area contributed by atoms with E-state index in [1.54, 1.807) is 6.08 Å². The number of unbranched alkanes of at least 4 members (excludes halogenated alkanes) is 5. The molecule has 6 nitrogen and oxygen atoms in total. The van der Waals surface area contributed by atoms with Crippen LogP contribution in [-0.2, 0) is 14.4 Å². The second-order valence-corrected chi connectivity index (χ2v) is 8.19. The van der Waals surface area contributed by atoms with E-state index in [1.165, 1.54) is 12.8 Å². The lowest BCUT2D eigenvalue weighted by Gasteiger charge is -2.16. The average molecular weight is 424 g/mol. The highest BCUT2D eigenvalue weighted by molar-refractivity contribution is 5.84. The lowest BCUT2D eigenvalue weighted by Crippen LogP contribution is -2.41. The minimum Gasteiger partial charge on any atom is -0.480 e. The highest BCUT2D eigenvalue weighted by Crippen LogP contribution is 2.08. The number of aliphatic carboxylic acids is 1. The molecule has 0 aliphatic heterocycles. The molecule has 0 aromatic heterocycles. The lowest BCUT2D eigenvalue weighted by molar-refractivity contribution is -0.142. The fraction of sp³-hybridized carbons (Fsp3) is 0.708. The van der Waals surface area contributed by atoms with Crippen molar-refractivity contribution in [3.8, 4) is 0 Å². The number of carboxylic acids is 1. The van der Waals surface area contributed by atoms with E-state index in [4.69, 9.17) is 5.11 Å². The van der Waals surface area contributed by atoms with Crippen molar-refractivity contribution in [3.63, 3.8) is 0 Å². The number of hydrogen-bond donors (Lipinski definition) is 3. The van der Waals surface area contributed by atoms with Crippen LogP contribution in [0.15, 0.2) is 24.3 Å². The number of aliphatic hydroxyl groups excluding tert-OH is 1. The Morgan fingerprint density at radius 3 is 2.17 bits per heavy atom. The number of aliphatic hydroxyl groups is 1. The van der Waals surface area contributed by atoms with Gasteiger partial charge in [-0.25, -0.2) is 4.79 Å². The van der Waals surface area contributed by atoms with Crippen molar-refractivity contribution in [2.24, 2.45) is 5.92 Å². The molecule has 0 aliphatic carbocycles. The number of hydrogen-bond acceptors (Lipinski definition) is 4. The molecule has 0 rings (SSSR count). The maximum absolute atomic E-state index is 11.9. The molecule has 0 bridgehead atoms. The summed E-state index contributed by atoms with van der Waals surface area (Å²) in [4.78, 5) is 34.9. The predicted octanol–water partition coefficient (Wildman–Crippen LogP) is 4.57. The van der Waals surface area contributed by atoms with Crippen molar-refractivity contribution in [1.82, 2.24) is 5.32 Å². The van der Waals surface area contributed by atoms with Crippen LogP contribution in [0.3, 0.4) is 0 Å². The monoisotopic (exact) mass is 423 g/mol. The number of allylic oxidation sites excluding steroid dienone is 3. The highest BCUT2D eigenvalue weighted by atomic mass is 16.4. The van der Waals surface area contributed by atoms with Crippen LogP contribution in [0.1, 0.15) is 91.4 Å². The number of nitrogens with one attached hydrogen (secondary N) is 1. The first kappa shape index (κ1) is 28.1. The smallest absolute Gasteiger partial charge is 0.326 e. The summed E-state index contributed by atoms with van der Waals surface area (Å²) in [5.74, 6) is -1.24. The van der Waals surface area contributed by atoms with Gasteiger partial charge in [-0.1, -0.05) is 57.9 Å². The molecule has 0 saturated carbocycles. The summed E-state index contributed by atoms with van der Waals surface area (Å²) in [7, 11) is 0. The normalized spacial score (nSPS) is 13.8. The second-order valence-electron chi connectivity index (χ2n) is 8.19. The second kappa shape index (κ2) is 17.9. The van der Waals surface area contributed by atoms with Crippen LogP contribution in [0.5, 0.6) is 0 Å². The molecule has 0 aromatic carbocycles. The summed E-state index contributed by atoms with van der Waals surface area (Å²) in [6.45, 7) is 5.99. The zero-order chi connectivity index (χ0) is 22.8. The molecule has 2 atom stereocenters. The van der Waals surface area contributed by atoms with Crippen LogP contribution in [-0.4, -0.2) is 40.0 Å². The molecule has 0 aromatic rings. The van der Waals surface area contributed by atoms with E-state index in [1.807, 2.05) is 32.1 Å². The van der Waals surface area contributed by atoms with Gasteiger partial charge in [0.25, 0.3) is 0 Å². The van der Waals surface area contributed by atoms with Crippen molar-refractivity contribution in [1.29, 1.82) is 0 Å². The number of carbonyl (C=O) groups excluding carboxylic acids is 2. The van der Waals surface area contributed by atoms with Gasteiger partial charge in [-0.3, -0.25) is 9.59 Å². The molecule has 0 heterocycles. The van der Waals surface area contributed by atoms with Gasteiger partial charge in [0.15, 0.2) is 5.78 Å². The molecule has 1 amide bonds. The minimum absolute atomic E-state index is 0.186. The van der Waals surface area contributed by atoms with Crippen molar-refractivity contribution in [2.75, 3.05) is 0 Å². The van der Waals surface area contributed by atoms with Gasteiger partial charge in [0.1, 0.15) is 12.1 Å². The molecular formula is C24H41NO5. The molecule has 0 aliphatic rings. The molecule has 6 heteroatoms. The average Bonchev–Trinajstić information content (AvgIpc) is 2.68. The third-order valence-corrected chi connectivity index (χ3v) is 4.72. The number of Topliss-reactive ketones (excluding diaryl/α,β-unsaturated/α-hetero) is 1. The first-order valence-corrected chi connectivity index (χ1v) is 11.3. The van der Waals surface area contributed by atoms with E-state index >= 15 is 0 Å². The zero-order valence-corrected chi connectivity index (χ0v) is 18.9. The molecule has 0 fully saturated rings. The van der Waals surface area contributed by atoms with Gasteiger partial charge in [-0.05, 0) is 50.9 Å². The topological polar surface area (TPSA) is 104 Å². The SMILES string of the molecule is CCCCCC=CCC(O)C(=O)CC=CCCCCC(=O)N[C@@H](CC(C)C)C(=O)O. The molecular weight excluding hydrogens is 382 g/mol. The zero-order valence-electron chi connectivity index (χ0n) is 18.9. The maximum Gasteiger partial charge on any atom is 0.326 e. The number of carbonyl (C=O) groups is 3. The largest absolute Gasteiger partial charge is 0.480 e. The maximum atomic E-state index is 11.9. The van der Waals surface area contributed by atoms with Crippen molar-refractivity contribution < 1.29 is 24.6 Å². The summed E-state index contributed by atoms with van der Waals surface area (Å²) < 4.78 is 0. The van der Waals surface area contributed by atoms with Gasteiger partial charge in [0.2, 0.25) is 5.91 Å². The highest BCUT2D eigenvalue weighted by Gasteiger charge is 2.20. The Morgan fingerprint density at radius 2 is 1.57 bits per heavy atom. The molecule has 3 N–H and O–H groups in total. The predicted molar refractivity (Wildman–Crippen MR) is 120 cm³/mol. The van der Waals surface area contributed by atoms with Crippen LogP contribution in [0.2, 0.25) is 0 Å². The van der Waals surface area contributed by atoms with E-state index in [9.17, 15) is 19.5 Å². The summed E-state index contributed by atoms with van der Waals surface area (Å²) in [5.41, 5.74) is 0. The van der Waals surface area contributed by atoms with Crippen LogP contribution in [0.25, 0.3) is 0 Å². The minimum atomic E-state index is -1.00. The standard InChI is InChI=1S/C24H41NO5/c1-4-5-6-7-9-12-15-21(26)22(27)16-13-10-8-11-14-17-23(28)25-20(24(29)30)18-19(2)3/h9-10,12-13,19-21,26H,4-8,11,14-18H2,1-3H3,(H,25,28)(H,29,30)/t20-,21?/m0/s1. The molecule has 172 valence electrons. The van der Waals surface area contributed by atoms with E-state index in [0.717, 1.165) is 25.7 Å². The van der Waals surface area contributed by atoms with E-state index in [0.29, 0.717) is 19.3 Å². The van der Waals surface area contributed by atoms with Crippen LogP contribution >= 0.6 is 0 Å². The Labute approximate surface area is 181 Å². The Hall–Kier alpha value is -1.95. The van der Waals surface area contributed by atoms with Gasteiger partial charge in [0.05, 0.1) is 0 Å². The molecule has 0 saturated heterocycles. The van der Waals surface area contributed by atoms with Crippen molar-refractivity contribution in [2.45, 2.75) is 104 Å². The molecule has 0 spiro atoms. The van der Waals surface area contributed by atoms with Crippen LogP contribution in [0, 0.1) is 5.92 Å². The van der Waals surface area contributed by atoms with Crippen molar-refractivity contribution >= 4 is 17.7 Å². The summed E-state index contributed by atoms with van der Waals surface area (Å²) in [6.07, 6.45) is 14.6. The Bertz CT molecular complexity index is 554. The van der Waals surface area contributed by atoms with Gasteiger partial charge in [-0.15, -0.1) is 0 Å². The molecule has 1 unspecified atom stereocenters. The van der Waals surface area contributed by atoms with E-state index in [-0.39, 0.29) is 30.4 Å². The summed E-state index contributed by atoms with van der Waals surface area (Å²) in [6, 6.07) is -0.832. The third kappa shape index (κ3) is 15.9. The quantitative estimate of drug-likeness (QED) is 0.221. The molecule has 30 heavy (non-hydrogen) atoms. The third-order valence-electron chi connectivity index (χ3n) is 4.72. The van der Waals surface area contributed by atoms with Gasteiger partial charge >= 0.3 is 5.97 Å². The van der Waals surface area contributed by atoms with Crippen molar-refractivity contribution in [3.05, 3.63) is 24.3 Å². The summed E-state index contributed by atoms with van der Waals surface area (Å²) in [5, 5.41) is 21.6. The fourth-order valence-electron chi connectivity index (χ4n) is 2.95. The first-order valence-electron chi connectivity index (χ1n) is 11.3. The van der Waals surface area contributed by atoms with Gasteiger partial charge in [-0.2, -0.15) is 0 Å². The Kier molecular flexibility index (Phi) is 16.7. The lowest BCUT2D eigenvalue weighted by atomic mass is 10.0. The van der Waals surface area contributed by atoms with E-state index < -0.39 is 18.1 Å². The Morgan fingerprint density at radius 1 is 0.933 bits per heavy atom. The number of carboxylic acid groups (broad SMARTS) is 1. The molecule has 0 radical (unpaired) electrons. The van der Waals surface area contributed by atoms with Gasteiger partial charge < -0.3 is 15.5 Å². The fourth-order valence-corrected chi connectivity index (χ4v) is 2.95. The number of ketones is 1. The first-order chi connectivity index (χ1) is 14.3. The van der Waals surface area contributed by atoms with Gasteiger partial charge in [0, 0.05) is 12.8 Å². The Balaban J connectivity index is 3.90. The summed E-state index contributed by atoms with van der Waals surface area (Å²) >= 11 is 0. The van der Waals surface area contributed by atoms with Crippen LogP contribution < -0.4 is 5.32 Å². The van der Waals surface area contributed by atoms with Crippen LogP contribution in [0.4, 0.5) is 0 Å².